The summed E-state index contributed by atoms with van der Waals surface area (Å²) in [6.45, 7) is 0.705. The molecule has 1 aromatic heterocycles. The number of urea groups is 1. The minimum atomic E-state index is -0.356. The molecular formula is C15H16ClN3O3. The van der Waals surface area contributed by atoms with Crippen LogP contribution in [-0.4, -0.2) is 31.3 Å². The van der Waals surface area contributed by atoms with Crippen LogP contribution in [0.1, 0.15) is 0 Å². The SMILES string of the molecule is COc1ncccc1NC(=O)NCCOc1ccc(Cl)cc1. The van der Waals surface area contributed by atoms with Crippen molar-refractivity contribution >= 4 is 23.3 Å². The van der Waals surface area contributed by atoms with E-state index in [9.17, 15) is 4.79 Å². The highest BCUT2D eigenvalue weighted by molar-refractivity contribution is 6.30. The van der Waals surface area contributed by atoms with Gasteiger partial charge in [-0.2, -0.15) is 0 Å². The molecule has 0 aliphatic heterocycles. The van der Waals surface area contributed by atoms with E-state index in [1.807, 2.05) is 0 Å². The number of carbonyl (C=O) groups excluding carboxylic acids is 1. The Hall–Kier alpha value is -2.47. The van der Waals surface area contributed by atoms with Crippen molar-refractivity contribution in [2.75, 3.05) is 25.6 Å². The fourth-order valence-electron chi connectivity index (χ4n) is 1.68. The Balaban J connectivity index is 1.72. The van der Waals surface area contributed by atoms with Crippen LogP contribution in [0.3, 0.4) is 0 Å². The lowest BCUT2D eigenvalue weighted by atomic mass is 10.3. The van der Waals surface area contributed by atoms with Crippen LogP contribution >= 0.6 is 11.6 Å². The van der Waals surface area contributed by atoms with Crippen LogP contribution in [-0.2, 0) is 0 Å². The number of pyridine rings is 1. The van der Waals surface area contributed by atoms with Crippen molar-refractivity contribution in [1.82, 2.24) is 10.3 Å². The Bertz CT molecular complexity index is 620. The molecule has 0 bridgehead atoms. The van der Waals surface area contributed by atoms with E-state index >= 15 is 0 Å². The van der Waals surface area contributed by atoms with Crippen molar-refractivity contribution in [2.45, 2.75) is 0 Å². The molecule has 0 saturated carbocycles. The summed E-state index contributed by atoms with van der Waals surface area (Å²) in [4.78, 5) is 15.8. The van der Waals surface area contributed by atoms with Crippen LogP contribution in [0.25, 0.3) is 0 Å². The Labute approximate surface area is 133 Å². The summed E-state index contributed by atoms with van der Waals surface area (Å²) in [6.07, 6.45) is 1.59. The number of rotatable bonds is 6. The van der Waals surface area contributed by atoms with Gasteiger partial charge in [0.05, 0.1) is 13.7 Å². The minimum Gasteiger partial charge on any atom is -0.492 e. The van der Waals surface area contributed by atoms with Crippen LogP contribution in [0.2, 0.25) is 5.02 Å². The number of ether oxygens (including phenoxy) is 2. The van der Waals surface area contributed by atoms with Crippen LogP contribution in [0.5, 0.6) is 11.6 Å². The number of nitrogens with zero attached hydrogens (tertiary/aromatic N) is 1. The largest absolute Gasteiger partial charge is 0.492 e. The fourth-order valence-corrected chi connectivity index (χ4v) is 1.81. The number of hydrogen-bond acceptors (Lipinski definition) is 4. The van der Waals surface area contributed by atoms with Gasteiger partial charge >= 0.3 is 6.03 Å². The number of hydrogen-bond donors (Lipinski definition) is 2. The molecule has 0 aliphatic carbocycles. The number of carbonyl (C=O) groups is 1. The monoisotopic (exact) mass is 321 g/mol. The second-order valence-electron chi connectivity index (χ2n) is 4.24. The summed E-state index contributed by atoms with van der Waals surface area (Å²) < 4.78 is 10.5. The second-order valence-corrected chi connectivity index (χ2v) is 4.68. The molecule has 0 saturated heterocycles. The van der Waals surface area contributed by atoms with Crippen molar-refractivity contribution in [3.63, 3.8) is 0 Å². The van der Waals surface area contributed by atoms with Crippen molar-refractivity contribution in [2.24, 2.45) is 0 Å². The zero-order valence-electron chi connectivity index (χ0n) is 12.0. The molecule has 0 atom stereocenters. The molecule has 2 N–H and O–H groups in total. The number of methoxy groups -OCH3 is 1. The van der Waals surface area contributed by atoms with Gasteiger partial charge in [-0.1, -0.05) is 11.6 Å². The predicted molar refractivity (Wildman–Crippen MR) is 84.8 cm³/mol. The quantitative estimate of drug-likeness (QED) is 0.802. The Morgan fingerprint density at radius 1 is 1.27 bits per heavy atom. The lowest BCUT2D eigenvalue weighted by Crippen LogP contribution is -2.32. The van der Waals surface area contributed by atoms with Gasteiger partial charge in [-0.25, -0.2) is 9.78 Å². The Morgan fingerprint density at radius 2 is 2.05 bits per heavy atom. The summed E-state index contributed by atoms with van der Waals surface area (Å²) in [7, 11) is 1.49. The summed E-state index contributed by atoms with van der Waals surface area (Å²) in [5, 5.41) is 5.99. The van der Waals surface area contributed by atoms with Gasteiger partial charge in [-0.15, -0.1) is 0 Å². The molecule has 22 heavy (non-hydrogen) atoms. The van der Waals surface area contributed by atoms with E-state index in [0.717, 1.165) is 0 Å². The van der Waals surface area contributed by atoms with E-state index in [4.69, 9.17) is 21.1 Å². The molecule has 7 heteroatoms. The average Bonchev–Trinajstić information content (AvgIpc) is 2.54. The summed E-state index contributed by atoms with van der Waals surface area (Å²) in [5.41, 5.74) is 0.501. The number of nitrogens with one attached hydrogen (secondary N) is 2. The maximum atomic E-state index is 11.8. The molecule has 0 spiro atoms. The normalized spacial score (nSPS) is 9.91. The molecule has 1 heterocycles. The molecule has 2 aromatic rings. The third-order valence-electron chi connectivity index (χ3n) is 2.68. The van der Waals surface area contributed by atoms with Gasteiger partial charge in [0.15, 0.2) is 0 Å². The van der Waals surface area contributed by atoms with Crippen LogP contribution in [0.15, 0.2) is 42.6 Å². The maximum Gasteiger partial charge on any atom is 0.319 e. The minimum absolute atomic E-state index is 0.346. The molecule has 0 fully saturated rings. The van der Waals surface area contributed by atoms with E-state index in [-0.39, 0.29) is 6.03 Å². The van der Waals surface area contributed by atoms with Gasteiger partial charge in [0.1, 0.15) is 18.0 Å². The fraction of sp³-hybridized carbons (Fsp3) is 0.200. The number of benzene rings is 1. The first-order valence-corrected chi connectivity index (χ1v) is 6.99. The Morgan fingerprint density at radius 3 is 2.77 bits per heavy atom. The van der Waals surface area contributed by atoms with Crippen LogP contribution in [0, 0.1) is 0 Å². The number of halogens is 1. The van der Waals surface area contributed by atoms with Gasteiger partial charge in [0.25, 0.3) is 0 Å². The highest BCUT2D eigenvalue weighted by Crippen LogP contribution is 2.19. The molecule has 1 aromatic carbocycles. The highest BCUT2D eigenvalue weighted by Gasteiger charge is 2.07. The van der Waals surface area contributed by atoms with Gasteiger partial charge in [-0.3, -0.25) is 0 Å². The molecule has 6 nitrogen and oxygen atoms in total. The van der Waals surface area contributed by atoms with E-state index in [1.54, 1.807) is 42.6 Å². The summed E-state index contributed by atoms with van der Waals surface area (Å²) in [6, 6.07) is 10.1. The molecule has 2 rings (SSSR count). The van der Waals surface area contributed by atoms with Crippen molar-refractivity contribution in [3.8, 4) is 11.6 Å². The van der Waals surface area contributed by atoms with Crippen molar-refractivity contribution in [3.05, 3.63) is 47.6 Å². The smallest absolute Gasteiger partial charge is 0.319 e. The average molecular weight is 322 g/mol. The summed E-state index contributed by atoms with van der Waals surface area (Å²) in [5.74, 6) is 1.05. The van der Waals surface area contributed by atoms with Gasteiger partial charge in [-0.05, 0) is 36.4 Å². The molecule has 0 aliphatic rings. The summed E-state index contributed by atoms with van der Waals surface area (Å²) >= 11 is 5.78. The zero-order chi connectivity index (χ0) is 15.8. The first-order chi connectivity index (χ1) is 10.7. The predicted octanol–water partition coefficient (Wildman–Crippen LogP) is 2.94. The zero-order valence-corrected chi connectivity index (χ0v) is 12.8. The topological polar surface area (TPSA) is 72.5 Å². The molecular weight excluding hydrogens is 306 g/mol. The number of aromatic nitrogens is 1. The molecule has 2 amide bonds. The first kappa shape index (κ1) is 15.9. The third kappa shape index (κ3) is 4.82. The van der Waals surface area contributed by atoms with Gasteiger partial charge < -0.3 is 20.1 Å². The lowest BCUT2D eigenvalue weighted by Gasteiger charge is -2.10. The third-order valence-corrected chi connectivity index (χ3v) is 2.93. The maximum absolute atomic E-state index is 11.8. The molecule has 0 unspecified atom stereocenters. The standard InChI is InChI=1S/C15H16ClN3O3/c1-21-14-13(3-2-8-17-14)19-15(20)18-9-10-22-12-6-4-11(16)5-7-12/h2-8H,9-10H2,1H3,(H2,18,19,20). The highest BCUT2D eigenvalue weighted by atomic mass is 35.5. The Kier molecular flexibility index (Phi) is 5.85. The van der Waals surface area contributed by atoms with Gasteiger partial charge in [0, 0.05) is 11.2 Å². The van der Waals surface area contributed by atoms with Crippen LogP contribution in [0.4, 0.5) is 10.5 Å². The van der Waals surface area contributed by atoms with Gasteiger partial charge in [0.2, 0.25) is 5.88 Å². The molecule has 116 valence electrons. The van der Waals surface area contributed by atoms with E-state index in [1.165, 1.54) is 7.11 Å². The van der Waals surface area contributed by atoms with E-state index in [2.05, 4.69) is 15.6 Å². The van der Waals surface area contributed by atoms with E-state index in [0.29, 0.717) is 35.5 Å². The first-order valence-electron chi connectivity index (χ1n) is 6.61. The lowest BCUT2D eigenvalue weighted by molar-refractivity contribution is 0.247. The number of anilines is 1. The second kappa shape index (κ2) is 8.09. The molecule has 0 radical (unpaired) electrons. The van der Waals surface area contributed by atoms with Crippen molar-refractivity contribution in [1.29, 1.82) is 0 Å². The van der Waals surface area contributed by atoms with E-state index < -0.39 is 0 Å². The van der Waals surface area contributed by atoms with Crippen LogP contribution < -0.4 is 20.1 Å². The number of amides is 2. The van der Waals surface area contributed by atoms with Crippen molar-refractivity contribution < 1.29 is 14.3 Å².